The average molecular weight is 284 g/mol. The molecule has 3 rings (SSSR count). The van der Waals surface area contributed by atoms with Crippen molar-refractivity contribution in [3.05, 3.63) is 63.0 Å². The molecule has 0 amide bonds. The summed E-state index contributed by atoms with van der Waals surface area (Å²) in [5, 5.41) is 0.737. The molecule has 20 heavy (non-hydrogen) atoms. The van der Waals surface area contributed by atoms with E-state index < -0.39 is 0 Å². The Hall–Kier alpha value is -1.94. The Morgan fingerprint density at radius 3 is 2.70 bits per heavy atom. The fourth-order valence-electron chi connectivity index (χ4n) is 2.19. The number of benzene rings is 1. The Morgan fingerprint density at radius 1 is 1.25 bits per heavy atom. The minimum absolute atomic E-state index is 0.0477. The van der Waals surface area contributed by atoms with Crippen molar-refractivity contribution in [3.8, 4) is 0 Å². The lowest BCUT2D eigenvalue weighted by molar-refractivity contribution is 0.749. The highest BCUT2D eigenvalue weighted by Crippen LogP contribution is 2.21. The summed E-state index contributed by atoms with van der Waals surface area (Å²) in [6.45, 7) is 4.72. The predicted octanol–water partition coefficient (Wildman–Crippen LogP) is 3.38. The second-order valence-electron chi connectivity index (χ2n) is 4.95. The van der Waals surface area contributed by atoms with Gasteiger partial charge in [-0.25, -0.2) is 4.98 Å². The zero-order chi connectivity index (χ0) is 14.1. The number of hydrogen-bond donors (Lipinski definition) is 0. The normalized spacial score (nSPS) is 11.1. The highest BCUT2D eigenvalue weighted by molar-refractivity contribution is 7.18. The highest BCUT2D eigenvalue weighted by atomic mass is 32.1. The van der Waals surface area contributed by atoms with Crippen LogP contribution >= 0.6 is 11.3 Å². The Morgan fingerprint density at radius 2 is 2.00 bits per heavy atom. The van der Waals surface area contributed by atoms with E-state index in [0.717, 1.165) is 22.2 Å². The van der Waals surface area contributed by atoms with Crippen LogP contribution in [0.4, 0.5) is 0 Å². The molecule has 0 bridgehead atoms. The molecule has 102 valence electrons. The van der Waals surface area contributed by atoms with Crippen LogP contribution in [0, 0.1) is 6.92 Å². The van der Waals surface area contributed by atoms with E-state index in [2.05, 4.69) is 43.1 Å². The smallest absolute Gasteiger partial charge is 0.262 e. The van der Waals surface area contributed by atoms with Gasteiger partial charge in [-0.1, -0.05) is 36.8 Å². The van der Waals surface area contributed by atoms with Crippen molar-refractivity contribution in [1.82, 2.24) is 9.55 Å². The van der Waals surface area contributed by atoms with Crippen LogP contribution in [0.25, 0.3) is 10.2 Å². The first-order valence-corrected chi connectivity index (χ1v) is 7.52. The molecule has 3 aromatic rings. The molecule has 0 atom stereocenters. The average Bonchev–Trinajstić information content (AvgIpc) is 2.88. The molecular formula is C16H16N2OS. The molecule has 3 nitrogen and oxygen atoms in total. The third-order valence-electron chi connectivity index (χ3n) is 3.39. The van der Waals surface area contributed by atoms with Crippen LogP contribution < -0.4 is 5.56 Å². The molecule has 0 fully saturated rings. The van der Waals surface area contributed by atoms with Gasteiger partial charge in [-0.15, -0.1) is 11.3 Å². The lowest BCUT2D eigenvalue weighted by Crippen LogP contribution is -2.20. The number of hydrogen-bond acceptors (Lipinski definition) is 3. The summed E-state index contributed by atoms with van der Waals surface area (Å²) < 4.78 is 1.68. The summed E-state index contributed by atoms with van der Waals surface area (Å²) in [5.74, 6) is 0. The molecule has 1 aromatic carbocycles. The van der Waals surface area contributed by atoms with Gasteiger partial charge in [0.05, 0.1) is 18.3 Å². The van der Waals surface area contributed by atoms with Crippen molar-refractivity contribution in [1.29, 1.82) is 0 Å². The summed E-state index contributed by atoms with van der Waals surface area (Å²) in [5.41, 5.74) is 2.39. The fourth-order valence-corrected chi connectivity index (χ4v) is 3.11. The van der Waals surface area contributed by atoms with Gasteiger partial charge in [0.15, 0.2) is 0 Å². The highest BCUT2D eigenvalue weighted by Gasteiger charge is 2.08. The van der Waals surface area contributed by atoms with Gasteiger partial charge in [0.25, 0.3) is 5.56 Å². The van der Waals surface area contributed by atoms with Crippen LogP contribution in [-0.2, 0) is 13.0 Å². The van der Waals surface area contributed by atoms with Crippen LogP contribution in [0.1, 0.15) is 22.9 Å². The van der Waals surface area contributed by atoms with Crippen molar-refractivity contribution < 1.29 is 0 Å². The quantitative estimate of drug-likeness (QED) is 0.739. The zero-order valence-electron chi connectivity index (χ0n) is 11.6. The minimum atomic E-state index is 0.0477. The number of rotatable bonds is 3. The van der Waals surface area contributed by atoms with Gasteiger partial charge < -0.3 is 0 Å². The van der Waals surface area contributed by atoms with E-state index in [1.54, 1.807) is 22.2 Å². The molecule has 0 aliphatic heterocycles. The Bertz CT molecular complexity index is 799. The molecule has 0 aliphatic rings. The molecule has 0 saturated carbocycles. The first-order valence-electron chi connectivity index (χ1n) is 6.71. The summed E-state index contributed by atoms with van der Waals surface area (Å²) in [6.07, 6.45) is 2.60. The number of thiophene rings is 1. The monoisotopic (exact) mass is 284 g/mol. The maximum absolute atomic E-state index is 12.5. The van der Waals surface area contributed by atoms with E-state index >= 15 is 0 Å². The van der Waals surface area contributed by atoms with Gasteiger partial charge >= 0.3 is 0 Å². The summed E-state index contributed by atoms with van der Waals surface area (Å²) in [6, 6.07) is 10.2. The second-order valence-corrected chi connectivity index (χ2v) is 6.06. The van der Waals surface area contributed by atoms with E-state index in [9.17, 15) is 4.79 Å². The molecule has 0 saturated heterocycles. The van der Waals surface area contributed by atoms with Crippen LogP contribution in [0.15, 0.2) is 41.5 Å². The molecule has 0 radical (unpaired) electrons. The third-order valence-corrected chi connectivity index (χ3v) is 4.58. The van der Waals surface area contributed by atoms with E-state index in [4.69, 9.17) is 0 Å². The SMILES string of the molecule is CCc1cc2c(=O)n(Cc3ccc(C)cc3)cnc2s1. The summed E-state index contributed by atoms with van der Waals surface area (Å²) >= 11 is 1.60. The van der Waals surface area contributed by atoms with Crippen molar-refractivity contribution in [3.63, 3.8) is 0 Å². The molecule has 0 unspecified atom stereocenters. The van der Waals surface area contributed by atoms with E-state index in [1.165, 1.54) is 10.4 Å². The predicted molar refractivity (Wildman–Crippen MR) is 83.5 cm³/mol. The van der Waals surface area contributed by atoms with E-state index in [-0.39, 0.29) is 5.56 Å². The van der Waals surface area contributed by atoms with Crippen LogP contribution in [-0.4, -0.2) is 9.55 Å². The molecule has 0 spiro atoms. The Balaban J connectivity index is 2.01. The largest absolute Gasteiger partial charge is 0.294 e. The number of fused-ring (bicyclic) bond motifs is 1. The molecule has 2 heterocycles. The Kier molecular flexibility index (Phi) is 3.40. The van der Waals surface area contributed by atoms with E-state index in [0.29, 0.717) is 6.54 Å². The molecular weight excluding hydrogens is 268 g/mol. The van der Waals surface area contributed by atoms with Crippen molar-refractivity contribution >= 4 is 21.6 Å². The lowest BCUT2D eigenvalue weighted by atomic mass is 10.1. The first-order chi connectivity index (χ1) is 9.67. The number of nitrogens with zero attached hydrogens (tertiary/aromatic N) is 2. The van der Waals surface area contributed by atoms with Crippen LogP contribution in [0.2, 0.25) is 0 Å². The maximum atomic E-state index is 12.5. The maximum Gasteiger partial charge on any atom is 0.262 e. The molecule has 4 heteroatoms. The summed E-state index contributed by atoms with van der Waals surface area (Å²) in [4.78, 5) is 18.9. The van der Waals surface area contributed by atoms with Crippen molar-refractivity contribution in [2.24, 2.45) is 0 Å². The number of aryl methyl sites for hydroxylation is 2. The lowest BCUT2D eigenvalue weighted by Gasteiger charge is -2.05. The Labute approximate surface area is 121 Å². The van der Waals surface area contributed by atoms with Gasteiger partial charge in [0, 0.05) is 4.88 Å². The standard InChI is InChI=1S/C16H16N2OS/c1-3-13-8-14-15(20-13)17-10-18(16(14)19)9-12-6-4-11(2)5-7-12/h4-8,10H,3,9H2,1-2H3. The molecule has 0 N–H and O–H groups in total. The zero-order valence-corrected chi connectivity index (χ0v) is 12.4. The molecule has 2 aromatic heterocycles. The topological polar surface area (TPSA) is 34.9 Å². The van der Waals surface area contributed by atoms with Gasteiger partial charge in [-0.3, -0.25) is 9.36 Å². The van der Waals surface area contributed by atoms with Gasteiger partial charge in [0.2, 0.25) is 0 Å². The fraction of sp³-hybridized carbons (Fsp3) is 0.250. The number of aromatic nitrogens is 2. The van der Waals surface area contributed by atoms with Crippen molar-refractivity contribution in [2.75, 3.05) is 0 Å². The van der Waals surface area contributed by atoms with Crippen LogP contribution in [0.3, 0.4) is 0 Å². The van der Waals surface area contributed by atoms with Gasteiger partial charge in [-0.05, 0) is 25.0 Å². The van der Waals surface area contributed by atoms with Crippen LogP contribution in [0.5, 0.6) is 0 Å². The van der Waals surface area contributed by atoms with Gasteiger partial charge in [0.1, 0.15) is 4.83 Å². The summed E-state index contributed by atoms with van der Waals surface area (Å²) in [7, 11) is 0. The molecule has 0 aliphatic carbocycles. The van der Waals surface area contributed by atoms with Gasteiger partial charge in [-0.2, -0.15) is 0 Å². The first kappa shape index (κ1) is 13.1. The third kappa shape index (κ3) is 2.39. The van der Waals surface area contributed by atoms with E-state index in [1.807, 2.05) is 6.07 Å². The second kappa shape index (κ2) is 5.21. The van der Waals surface area contributed by atoms with Crippen molar-refractivity contribution in [2.45, 2.75) is 26.8 Å². The minimum Gasteiger partial charge on any atom is -0.294 e.